The number of aromatic nitrogens is 2. The summed E-state index contributed by atoms with van der Waals surface area (Å²) >= 11 is 1.27. The van der Waals surface area contributed by atoms with E-state index in [2.05, 4.69) is 51.9 Å². The Kier molecular flexibility index (Phi) is 5.24. The molecule has 4 nitrogen and oxygen atoms in total. The van der Waals surface area contributed by atoms with Gasteiger partial charge in [0.05, 0.1) is 11.7 Å². The minimum absolute atomic E-state index is 0.490. The van der Waals surface area contributed by atoms with Gasteiger partial charge in [0.1, 0.15) is 11.0 Å². The Balaban J connectivity index is 1.87. The summed E-state index contributed by atoms with van der Waals surface area (Å²) in [6, 6.07) is 6.78. The molecule has 0 aliphatic heterocycles. The number of likely N-dealkylation sites (N-methyl/N-ethyl adjacent to an activating group) is 1. The number of hydrogen-bond donors (Lipinski definition) is 1. The van der Waals surface area contributed by atoms with Gasteiger partial charge in [0.25, 0.3) is 0 Å². The Morgan fingerprint density at radius 2 is 1.95 bits per heavy atom. The van der Waals surface area contributed by atoms with Gasteiger partial charge in [-0.3, -0.25) is 0 Å². The van der Waals surface area contributed by atoms with Crippen LogP contribution >= 0.6 is 11.7 Å². The van der Waals surface area contributed by atoms with Crippen molar-refractivity contribution < 1.29 is 0 Å². The van der Waals surface area contributed by atoms with E-state index in [9.17, 15) is 0 Å². The van der Waals surface area contributed by atoms with E-state index in [1.807, 2.05) is 6.07 Å². The molecule has 1 heterocycles. The smallest absolute Gasteiger partial charge is 0.105 e. The second-order valence-electron chi connectivity index (χ2n) is 4.86. The van der Waals surface area contributed by atoms with Crippen LogP contribution in [-0.4, -0.2) is 39.3 Å². The maximum atomic E-state index is 4.28. The molecule has 1 atom stereocenters. The van der Waals surface area contributed by atoms with Gasteiger partial charge >= 0.3 is 0 Å². The fourth-order valence-corrected chi connectivity index (χ4v) is 2.68. The number of hydrogen-bond acceptors (Lipinski definition) is 5. The Morgan fingerprint density at radius 3 is 2.68 bits per heavy atom. The van der Waals surface area contributed by atoms with Crippen molar-refractivity contribution >= 4 is 22.8 Å². The highest BCUT2D eigenvalue weighted by molar-refractivity contribution is 7.00. The first kappa shape index (κ1) is 14.4. The average Bonchev–Trinajstić information content (AvgIpc) is 2.89. The quantitative estimate of drug-likeness (QED) is 0.845. The Labute approximate surface area is 119 Å². The lowest BCUT2D eigenvalue weighted by Crippen LogP contribution is -2.38. The Morgan fingerprint density at radius 1 is 1.21 bits per heavy atom. The third-order valence-corrected chi connectivity index (χ3v) is 3.96. The van der Waals surface area contributed by atoms with Gasteiger partial charge in [0.15, 0.2) is 0 Å². The van der Waals surface area contributed by atoms with Crippen molar-refractivity contribution in [3.63, 3.8) is 0 Å². The predicted molar refractivity (Wildman–Crippen MR) is 81.5 cm³/mol. The van der Waals surface area contributed by atoms with Gasteiger partial charge in [-0.2, -0.15) is 8.75 Å². The monoisotopic (exact) mass is 278 g/mol. The first-order chi connectivity index (χ1) is 9.22. The van der Waals surface area contributed by atoms with Crippen molar-refractivity contribution in [3.8, 4) is 0 Å². The Hall–Kier alpha value is -1.04. The van der Waals surface area contributed by atoms with E-state index in [0.717, 1.165) is 37.2 Å². The number of nitrogens with zero attached hydrogens (tertiary/aromatic N) is 3. The Bertz CT molecular complexity index is 507. The molecule has 0 saturated heterocycles. The summed E-state index contributed by atoms with van der Waals surface area (Å²) in [5, 5.41) is 3.57. The number of fused-ring (bicyclic) bond motifs is 1. The fraction of sp³-hybridized carbons (Fsp3) is 0.571. The van der Waals surface area contributed by atoms with E-state index in [1.165, 1.54) is 17.3 Å². The van der Waals surface area contributed by atoms with E-state index in [4.69, 9.17) is 0 Å². The number of rotatable bonds is 7. The highest BCUT2D eigenvalue weighted by atomic mass is 32.1. The molecule has 0 spiro atoms. The summed E-state index contributed by atoms with van der Waals surface area (Å²) in [5.74, 6) is 0. The maximum absolute atomic E-state index is 4.28. The van der Waals surface area contributed by atoms with E-state index in [-0.39, 0.29) is 0 Å². The zero-order chi connectivity index (χ0) is 13.7. The summed E-state index contributed by atoms with van der Waals surface area (Å²) in [5.41, 5.74) is 3.26. The van der Waals surface area contributed by atoms with Gasteiger partial charge in [0.2, 0.25) is 0 Å². The number of benzene rings is 1. The fourth-order valence-electron chi connectivity index (χ4n) is 2.16. The molecular weight excluding hydrogens is 256 g/mol. The van der Waals surface area contributed by atoms with Crippen LogP contribution in [0.15, 0.2) is 18.2 Å². The molecule has 0 amide bonds. The zero-order valence-electron chi connectivity index (χ0n) is 11.9. The predicted octanol–water partition coefficient (Wildman–Crippen LogP) is 2.51. The lowest BCUT2D eigenvalue weighted by Gasteiger charge is -2.23. The van der Waals surface area contributed by atoms with Crippen LogP contribution in [0.25, 0.3) is 11.0 Å². The largest absolute Gasteiger partial charge is 0.309 e. The van der Waals surface area contributed by atoms with Gasteiger partial charge < -0.3 is 10.2 Å². The van der Waals surface area contributed by atoms with Crippen LogP contribution in [0.4, 0.5) is 0 Å². The molecule has 0 bridgehead atoms. The third-order valence-electron chi connectivity index (χ3n) is 3.40. The van der Waals surface area contributed by atoms with E-state index in [0.29, 0.717) is 6.04 Å². The highest BCUT2D eigenvalue weighted by Crippen LogP contribution is 2.13. The molecule has 0 aliphatic carbocycles. The van der Waals surface area contributed by atoms with E-state index in [1.54, 1.807) is 0 Å². The molecule has 104 valence electrons. The SMILES string of the molecule is CCN(CC)CC(C)NCc1ccc2nsnc2c1. The summed E-state index contributed by atoms with van der Waals surface area (Å²) in [4.78, 5) is 2.44. The first-order valence-corrected chi connectivity index (χ1v) is 7.62. The second-order valence-corrected chi connectivity index (χ2v) is 5.38. The lowest BCUT2D eigenvalue weighted by molar-refractivity contribution is 0.270. The maximum Gasteiger partial charge on any atom is 0.105 e. The molecule has 0 saturated carbocycles. The number of nitrogens with one attached hydrogen (secondary N) is 1. The van der Waals surface area contributed by atoms with Crippen molar-refractivity contribution in [2.45, 2.75) is 33.4 Å². The average molecular weight is 278 g/mol. The highest BCUT2D eigenvalue weighted by Gasteiger charge is 2.07. The molecular formula is C14H22N4S. The molecule has 1 aromatic carbocycles. The van der Waals surface area contributed by atoms with Gasteiger partial charge in [0, 0.05) is 19.1 Å². The van der Waals surface area contributed by atoms with Crippen LogP contribution in [0.2, 0.25) is 0 Å². The molecule has 1 unspecified atom stereocenters. The van der Waals surface area contributed by atoms with Gasteiger partial charge in [-0.25, -0.2) is 0 Å². The van der Waals surface area contributed by atoms with E-state index < -0.39 is 0 Å². The van der Waals surface area contributed by atoms with Crippen molar-refractivity contribution in [1.29, 1.82) is 0 Å². The molecule has 0 aliphatic rings. The summed E-state index contributed by atoms with van der Waals surface area (Å²) in [7, 11) is 0. The molecule has 2 aromatic rings. The topological polar surface area (TPSA) is 41.0 Å². The molecule has 0 radical (unpaired) electrons. The van der Waals surface area contributed by atoms with Crippen LogP contribution in [-0.2, 0) is 6.54 Å². The zero-order valence-corrected chi connectivity index (χ0v) is 12.7. The van der Waals surface area contributed by atoms with Crippen molar-refractivity contribution in [2.24, 2.45) is 0 Å². The molecule has 1 N–H and O–H groups in total. The van der Waals surface area contributed by atoms with Crippen LogP contribution in [0.3, 0.4) is 0 Å². The second kappa shape index (κ2) is 6.93. The first-order valence-electron chi connectivity index (χ1n) is 6.89. The van der Waals surface area contributed by atoms with E-state index >= 15 is 0 Å². The molecule has 2 rings (SSSR count). The molecule has 5 heteroatoms. The van der Waals surface area contributed by atoms with Gasteiger partial charge in [-0.1, -0.05) is 19.9 Å². The van der Waals surface area contributed by atoms with Crippen LogP contribution in [0, 0.1) is 0 Å². The van der Waals surface area contributed by atoms with Gasteiger partial charge in [-0.05, 0) is 37.7 Å². The van der Waals surface area contributed by atoms with Crippen LogP contribution in [0.1, 0.15) is 26.3 Å². The van der Waals surface area contributed by atoms with Crippen molar-refractivity contribution in [3.05, 3.63) is 23.8 Å². The summed E-state index contributed by atoms with van der Waals surface area (Å²) in [6.45, 7) is 10.8. The van der Waals surface area contributed by atoms with Crippen molar-refractivity contribution in [2.75, 3.05) is 19.6 Å². The van der Waals surface area contributed by atoms with Crippen molar-refractivity contribution in [1.82, 2.24) is 19.0 Å². The molecule has 19 heavy (non-hydrogen) atoms. The summed E-state index contributed by atoms with van der Waals surface area (Å²) < 4.78 is 8.50. The van der Waals surface area contributed by atoms with Gasteiger partial charge in [-0.15, -0.1) is 0 Å². The van der Waals surface area contributed by atoms with Crippen LogP contribution in [0.5, 0.6) is 0 Å². The normalized spacial score (nSPS) is 13.3. The molecule has 0 fully saturated rings. The standard InChI is InChI=1S/C14H22N4S/c1-4-18(5-2)10-11(3)15-9-12-6-7-13-14(8-12)17-19-16-13/h6-8,11,15H,4-5,9-10H2,1-3H3. The molecule has 1 aromatic heterocycles. The van der Waals surface area contributed by atoms with Crippen LogP contribution < -0.4 is 5.32 Å². The third kappa shape index (κ3) is 3.96. The minimum Gasteiger partial charge on any atom is -0.309 e. The summed E-state index contributed by atoms with van der Waals surface area (Å²) in [6.07, 6.45) is 0. The minimum atomic E-state index is 0.490. The lowest BCUT2D eigenvalue weighted by atomic mass is 10.2.